The molecule has 0 aromatic carbocycles. The van der Waals surface area contributed by atoms with Crippen molar-refractivity contribution in [2.75, 3.05) is 0 Å². The highest BCUT2D eigenvalue weighted by atomic mass is 32.1. The second kappa shape index (κ2) is 13.8. The maximum absolute atomic E-state index is 11.2. The summed E-state index contributed by atoms with van der Waals surface area (Å²) >= 11 is 7.95. The van der Waals surface area contributed by atoms with Gasteiger partial charge in [0.1, 0.15) is 11.6 Å². The molecule has 0 aliphatic rings. The van der Waals surface area contributed by atoms with E-state index in [-0.39, 0.29) is 17.1 Å². The van der Waals surface area contributed by atoms with Crippen LogP contribution in [-0.2, 0) is 11.2 Å². The Morgan fingerprint density at radius 2 is 1.43 bits per heavy atom. The number of thiophene rings is 5. The van der Waals surface area contributed by atoms with Gasteiger partial charge in [-0.2, -0.15) is 5.26 Å². The summed E-state index contributed by atoms with van der Waals surface area (Å²) in [6.45, 7) is 2.24. The molecule has 5 aromatic heterocycles. The van der Waals surface area contributed by atoms with Gasteiger partial charge in [0.05, 0.1) is 4.88 Å². The number of hydrogen-bond donors (Lipinski definition) is 3. The van der Waals surface area contributed by atoms with E-state index in [4.69, 9.17) is 5.26 Å². The van der Waals surface area contributed by atoms with Crippen molar-refractivity contribution in [1.29, 1.82) is 5.26 Å². The molecule has 3 N–H and O–H groups in total. The highest BCUT2D eigenvalue weighted by Crippen LogP contribution is 2.49. The zero-order valence-electron chi connectivity index (χ0n) is 22.9. The number of unbranched alkanes of at least 4 members (excludes halogenated alkanes) is 5. The first-order valence-corrected chi connectivity index (χ1v) is 17.8. The van der Waals surface area contributed by atoms with E-state index >= 15 is 0 Å². The minimum absolute atomic E-state index is 0.0609. The number of rotatable bonds is 13. The van der Waals surface area contributed by atoms with E-state index < -0.39 is 5.97 Å². The standard InChI is InChI=1S/C32H29NO4S5/c1-2-3-4-5-6-7-8-19-16-28(25-12-14-27(41-25)31-29(35)22(34)18-38-31)42-30(19)26-13-11-24(40-26)23-10-9-21(39-23)15-20(17-33)32(36)37/h9-16,18,34-35H,2-8H2,1H3,(H,36,37)/b20-15+. The fourth-order valence-corrected chi connectivity index (χ4v) is 10.0. The van der Waals surface area contributed by atoms with Crippen LogP contribution in [0.2, 0.25) is 0 Å². The molecule has 10 heteroatoms. The fourth-order valence-electron chi connectivity index (χ4n) is 4.59. The van der Waals surface area contributed by atoms with Gasteiger partial charge in [-0.3, -0.25) is 0 Å². The van der Waals surface area contributed by atoms with Gasteiger partial charge >= 0.3 is 5.97 Å². The SMILES string of the molecule is CCCCCCCCc1cc(-c2ccc(-c3scc(O)c3O)s2)sc1-c1ccc(-c2ccc(/C=C(\C#N)C(=O)O)s2)s1. The number of aryl methyl sites for hydroxylation is 1. The second-order valence-electron chi connectivity index (χ2n) is 9.79. The number of carboxylic acid groups (broad SMARTS) is 1. The molecule has 0 unspecified atom stereocenters. The summed E-state index contributed by atoms with van der Waals surface area (Å²) in [6, 6.07) is 16.3. The monoisotopic (exact) mass is 651 g/mol. The highest BCUT2D eigenvalue weighted by molar-refractivity contribution is 7.29. The van der Waals surface area contributed by atoms with Gasteiger partial charge in [0, 0.05) is 44.4 Å². The van der Waals surface area contributed by atoms with Crippen molar-refractivity contribution in [2.45, 2.75) is 51.9 Å². The van der Waals surface area contributed by atoms with Crippen LogP contribution < -0.4 is 0 Å². The molecule has 0 fully saturated rings. The summed E-state index contributed by atoms with van der Waals surface area (Å²) in [4.78, 5) is 20.5. The third-order valence-corrected chi connectivity index (χ3v) is 12.9. The van der Waals surface area contributed by atoms with E-state index in [1.165, 1.54) is 81.0 Å². The largest absolute Gasteiger partial charge is 0.504 e. The molecule has 5 aromatic rings. The first kappa shape index (κ1) is 30.3. The van der Waals surface area contributed by atoms with Crippen molar-refractivity contribution in [2.24, 2.45) is 0 Å². The summed E-state index contributed by atoms with van der Waals surface area (Å²) < 4.78 is 0. The van der Waals surface area contributed by atoms with E-state index in [0.717, 1.165) is 37.2 Å². The molecule has 0 atom stereocenters. The number of nitrogens with zero attached hydrogens (tertiary/aromatic N) is 1. The zero-order valence-corrected chi connectivity index (χ0v) is 27.0. The molecule has 5 rings (SSSR count). The van der Waals surface area contributed by atoms with Gasteiger partial charge in [-0.1, -0.05) is 39.0 Å². The Labute approximate surface area is 264 Å². The molecule has 0 aliphatic carbocycles. The first-order chi connectivity index (χ1) is 20.4. The van der Waals surface area contributed by atoms with Crippen LogP contribution in [0.3, 0.4) is 0 Å². The maximum Gasteiger partial charge on any atom is 0.346 e. The Balaban J connectivity index is 1.42. The lowest BCUT2D eigenvalue weighted by molar-refractivity contribution is -0.132. The molecule has 42 heavy (non-hydrogen) atoms. The number of carbonyl (C=O) groups is 1. The maximum atomic E-state index is 11.2. The van der Waals surface area contributed by atoms with Crippen LogP contribution in [-0.4, -0.2) is 21.3 Å². The molecular formula is C32H29NO4S5. The Bertz CT molecular complexity index is 1760. The fraction of sp³-hybridized carbons (Fsp3) is 0.250. The van der Waals surface area contributed by atoms with Crippen LogP contribution in [0.4, 0.5) is 0 Å². The van der Waals surface area contributed by atoms with Crippen molar-refractivity contribution >= 4 is 68.7 Å². The molecule has 0 aliphatic heterocycles. The molecular weight excluding hydrogens is 623 g/mol. The van der Waals surface area contributed by atoms with Gasteiger partial charge < -0.3 is 15.3 Å². The average molecular weight is 652 g/mol. The predicted octanol–water partition coefficient (Wildman–Crippen LogP) is 11.0. The molecule has 0 radical (unpaired) electrons. The summed E-state index contributed by atoms with van der Waals surface area (Å²) in [6.07, 6.45) is 9.88. The van der Waals surface area contributed by atoms with Crippen LogP contribution in [0.25, 0.3) is 45.1 Å². The molecule has 0 saturated carbocycles. The van der Waals surface area contributed by atoms with Crippen LogP contribution in [0.5, 0.6) is 11.5 Å². The van der Waals surface area contributed by atoms with Crippen LogP contribution in [0.15, 0.2) is 53.4 Å². The Morgan fingerprint density at radius 1 is 0.810 bits per heavy atom. The number of nitriles is 1. The molecule has 0 bridgehead atoms. The van der Waals surface area contributed by atoms with E-state index in [1.807, 2.05) is 18.2 Å². The molecule has 0 amide bonds. The van der Waals surface area contributed by atoms with Crippen LogP contribution in [0.1, 0.15) is 55.9 Å². The average Bonchev–Trinajstić information content (AvgIpc) is 3.80. The lowest BCUT2D eigenvalue weighted by Crippen LogP contribution is -1.96. The van der Waals surface area contributed by atoms with E-state index in [0.29, 0.717) is 4.88 Å². The van der Waals surface area contributed by atoms with Crippen molar-refractivity contribution < 1.29 is 20.1 Å². The summed E-state index contributed by atoms with van der Waals surface area (Å²) in [5.74, 6) is -1.37. The lowest BCUT2D eigenvalue weighted by atomic mass is 10.0. The third-order valence-electron chi connectivity index (χ3n) is 6.76. The van der Waals surface area contributed by atoms with Gasteiger partial charge in [0.15, 0.2) is 11.5 Å². The van der Waals surface area contributed by atoms with Gasteiger partial charge in [0.25, 0.3) is 0 Å². The lowest BCUT2D eigenvalue weighted by Gasteiger charge is -2.03. The molecule has 5 nitrogen and oxygen atoms in total. The number of aromatic hydroxyl groups is 2. The van der Waals surface area contributed by atoms with Crippen LogP contribution in [0, 0.1) is 11.3 Å². The molecule has 5 heterocycles. The molecule has 0 spiro atoms. The van der Waals surface area contributed by atoms with Gasteiger partial charge in [-0.25, -0.2) is 4.79 Å². The minimum Gasteiger partial charge on any atom is -0.504 e. The summed E-state index contributed by atoms with van der Waals surface area (Å²) in [5.41, 5.74) is 1.07. The quantitative estimate of drug-likeness (QED) is 0.0668. The van der Waals surface area contributed by atoms with E-state index in [9.17, 15) is 20.1 Å². The van der Waals surface area contributed by atoms with Crippen molar-refractivity contribution in [3.63, 3.8) is 0 Å². The zero-order chi connectivity index (χ0) is 29.6. The van der Waals surface area contributed by atoms with Crippen molar-refractivity contribution in [3.05, 3.63) is 63.9 Å². The normalized spacial score (nSPS) is 11.7. The predicted molar refractivity (Wildman–Crippen MR) is 179 cm³/mol. The van der Waals surface area contributed by atoms with Crippen molar-refractivity contribution in [3.8, 4) is 56.6 Å². The highest BCUT2D eigenvalue weighted by Gasteiger charge is 2.19. The molecule has 0 saturated heterocycles. The van der Waals surface area contributed by atoms with Gasteiger partial charge in [0.2, 0.25) is 0 Å². The number of aliphatic carboxylic acids is 1. The number of carboxylic acids is 1. The van der Waals surface area contributed by atoms with Crippen LogP contribution >= 0.6 is 56.7 Å². The summed E-state index contributed by atoms with van der Waals surface area (Å²) in [5, 5.41) is 39.9. The van der Waals surface area contributed by atoms with E-state index in [2.05, 4.69) is 31.2 Å². The molecule has 216 valence electrons. The van der Waals surface area contributed by atoms with Crippen molar-refractivity contribution in [1.82, 2.24) is 0 Å². The Morgan fingerprint density at radius 3 is 2.10 bits per heavy atom. The first-order valence-electron chi connectivity index (χ1n) is 13.7. The Kier molecular flexibility index (Phi) is 9.98. The van der Waals surface area contributed by atoms with Gasteiger partial charge in [-0.15, -0.1) is 56.7 Å². The second-order valence-corrected chi connectivity index (χ2v) is 15.0. The Hall–Kier alpha value is -3.20. The summed E-state index contributed by atoms with van der Waals surface area (Å²) in [7, 11) is 0. The third kappa shape index (κ3) is 6.88. The minimum atomic E-state index is -1.22. The number of hydrogen-bond acceptors (Lipinski definition) is 9. The van der Waals surface area contributed by atoms with E-state index in [1.54, 1.807) is 45.5 Å². The smallest absolute Gasteiger partial charge is 0.346 e. The van der Waals surface area contributed by atoms with Gasteiger partial charge in [-0.05, 0) is 66.9 Å². The topological polar surface area (TPSA) is 102 Å².